The summed E-state index contributed by atoms with van der Waals surface area (Å²) in [6.45, 7) is 4.85. The molecular weight excluding hydrogens is 626 g/mol. The van der Waals surface area contributed by atoms with Crippen LogP contribution in [0.2, 0.25) is 0 Å². The van der Waals surface area contributed by atoms with Crippen LogP contribution in [0.1, 0.15) is 48.6 Å². The average molecular weight is 668 g/mol. The van der Waals surface area contributed by atoms with E-state index in [1.165, 1.54) is 0 Å². The van der Waals surface area contributed by atoms with Gasteiger partial charge < -0.3 is 23.8 Å². The zero-order valence-corrected chi connectivity index (χ0v) is 27.9. The molecule has 2 aromatic heterocycles. The summed E-state index contributed by atoms with van der Waals surface area (Å²) in [4.78, 5) is 56.4. The van der Waals surface area contributed by atoms with E-state index in [0.29, 0.717) is 30.6 Å². The molecule has 3 saturated heterocycles. The molecule has 3 fully saturated rings. The fraction of sp³-hybridized carbons (Fsp3) is 0.417. The maximum Gasteiger partial charge on any atom is 0.276 e. The summed E-state index contributed by atoms with van der Waals surface area (Å²) in [7, 11) is 5.07. The number of ether oxygens (including phenoxy) is 2. The maximum absolute atomic E-state index is 13.3. The minimum absolute atomic E-state index is 0. The molecule has 6 heterocycles. The lowest BCUT2D eigenvalue weighted by atomic mass is 9.71. The van der Waals surface area contributed by atoms with Crippen molar-refractivity contribution in [2.45, 2.75) is 44.8 Å². The minimum atomic E-state index is -0.607. The molecule has 13 nitrogen and oxygen atoms in total. The fourth-order valence-electron chi connectivity index (χ4n) is 8.09. The number of benzene rings is 2. The van der Waals surface area contributed by atoms with Gasteiger partial charge in [0.2, 0.25) is 11.8 Å². The number of carbonyl (C=O) groups is 3. The third kappa shape index (κ3) is 5.23. The summed E-state index contributed by atoms with van der Waals surface area (Å²) in [6, 6.07) is 9.46. The molecule has 0 saturated carbocycles. The Morgan fingerprint density at radius 1 is 1.00 bits per heavy atom. The highest BCUT2D eigenvalue weighted by atomic mass is 16.5. The van der Waals surface area contributed by atoms with Gasteiger partial charge in [-0.1, -0.05) is 6.07 Å². The third-order valence-electron chi connectivity index (χ3n) is 10.9. The number of fused-ring (bicyclic) bond motifs is 2. The van der Waals surface area contributed by atoms with Gasteiger partial charge in [0.25, 0.3) is 11.5 Å². The second-order valence-electron chi connectivity index (χ2n) is 13.9. The van der Waals surface area contributed by atoms with Crippen LogP contribution in [-0.4, -0.2) is 88.7 Å². The van der Waals surface area contributed by atoms with Crippen molar-refractivity contribution in [3.63, 3.8) is 0 Å². The van der Waals surface area contributed by atoms with Crippen LogP contribution in [0.3, 0.4) is 0 Å². The molecule has 4 aromatic rings. The molecule has 4 aliphatic heterocycles. The average Bonchev–Trinajstić information content (AvgIpc) is 3.71. The van der Waals surface area contributed by atoms with E-state index in [2.05, 4.69) is 31.4 Å². The zero-order valence-electron chi connectivity index (χ0n) is 27.9. The van der Waals surface area contributed by atoms with Crippen LogP contribution >= 0.6 is 0 Å². The first-order chi connectivity index (χ1) is 23.7. The lowest BCUT2D eigenvalue weighted by Gasteiger charge is -2.55. The van der Waals surface area contributed by atoms with Crippen molar-refractivity contribution in [2.75, 3.05) is 45.3 Å². The molecule has 256 valence electrons. The van der Waals surface area contributed by atoms with Crippen LogP contribution in [0.5, 0.6) is 11.5 Å². The molecule has 0 bridgehead atoms. The van der Waals surface area contributed by atoms with Gasteiger partial charge in [0, 0.05) is 74.9 Å². The molecule has 1 spiro atoms. The number of pyridine rings is 1. The van der Waals surface area contributed by atoms with E-state index in [1.54, 1.807) is 36.9 Å². The van der Waals surface area contributed by atoms with E-state index in [9.17, 15) is 19.2 Å². The van der Waals surface area contributed by atoms with Crippen molar-refractivity contribution in [1.82, 2.24) is 29.9 Å². The monoisotopic (exact) mass is 667 g/mol. The van der Waals surface area contributed by atoms with Gasteiger partial charge in [-0.2, -0.15) is 5.10 Å². The van der Waals surface area contributed by atoms with Crippen molar-refractivity contribution < 1.29 is 25.3 Å². The molecular formula is C36H41N7O6. The van der Waals surface area contributed by atoms with Gasteiger partial charge in [-0.25, -0.2) is 0 Å². The number of hydrogen-bond acceptors (Lipinski definition) is 9. The van der Waals surface area contributed by atoms with Gasteiger partial charge in [-0.05, 0) is 67.7 Å². The number of likely N-dealkylation sites (tertiary alicyclic amines) is 1. The molecule has 13 heteroatoms. The summed E-state index contributed by atoms with van der Waals surface area (Å²) in [6.07, 6.45) is 6.23. The van der Waals surface area contributed by atoms with E-state index >= 15 is 0 Å². The smallest absolute Gasteiger partial charge is 0.276 e. The highest BCUT2D eigenvalue weighted by Crippen LogP contribution is 2.45. The first-order valence-electron chi connectivity index (χ1n) is 16.7. The third-order valence-corrected chi connectivity index (χ3v) is 10.9. The Morgan fingerprint density at radius 3 is 2.43 bits per heavy atom. The Bertz CT molecular complexity index is 2050. The van der Waals surface area contributed by atoms with Crippen molar-refractivity contribution in [2.24, 2.45) is 12.5 Å². The number of aryl methyl sites for hydroxylation is 1. The molecule has 49 heavy (non-hydrogen) atoms. The highest BCUT2D eigenvalue weighted by molar-refractivity contribution is 6.05. The normalized spacial score (nSPS) is 20.5. The Balaban J connectivity index is 0.00000392. The Kier molecular flexibility index (Phi) is 7.47. The second kappa shape index (κ2) is 11.8. The predicted octanol–water partition coefficient (Wildman–Crippen LogP) is 3.06. The number of aromatic amines is 1. The fourth-order valence-corrected chi connectivity index (χ4v) is 8.09. The Labute approximate surface area is 284 Å². The first-order valence-corrected chi connectivity index (χ1v) is 16.7. The van der Waals surface area contributed by atoms with Gasteiger partial charge in [0.15, 0.2) is 0 Å². The molecule has 1 unspecified atom stereocenters. The predicted molar refractivity (Wildman–Crippen MR) is 184 cm³/mol. The number of rotatable bonds is 7. The first kappa shape index (κ1) is 31.1. The SMILES string of the molecule is COc1cc(-c2cn(C)c(=O)c3[nH]ncc23)cc(OC)c1CN1CCC2(CC1)CN(c1ccc3c(c1)C(=O)N(C1CCC(=O)NC1=O)C3)C2.[HH]. The Morgan fingerprint density at radius 2 is 1.73 bits per heavy atom. The number of methoxy groups -OCH3 is 2. The summed E-state index contributed by atoms with van der Waals surface area (Å²) in [5.74, 6) is 0.655. The van der Waals surface area contributed by atoms with Gasteiger partial charge in [-0.15, -0.1) is 0 Å². The quantitative estimate of drug-likeness (QED) is 0.285. The van der Waals surface area contributed by atoms with Crippen LogP contribution in [-0.2, 0) is 29.7 Å². The van der Waals surface area contributed by atoms with Crippen LogP contribution in [0.15, 0.2) is 47.5 Å². The van der Waals surface area contributed by atoms with E-state index in [1.807, 2.05) is 30.5 Å². The number of H-pyrrole nitrogens is 1. The summed E-state index contributed by atoms with van der Waals surface area (Å²) >= 11 is 0. The topological polar surface area (TPSA) is 142 Å². The summed E-state index contributed by atoms with van der Waals surface area (Å²) in [5.41, 5.74) is 5.89. The molecule has 0 radical (unpaired) electrons. The molecule has 1 atom stereocenters. The number of amides is 3. The molecule has 0 aliphatic carbocycles. The second-order valence-corrected chi connectivity index (χ2v) is 13.9. The van der Waals surface area contributed by atoms with Crippen LogP contribution in [0.25, 0.3) is 22.0 Å². The largest absolute Gasteiger partial charge is 0.496 e. The van der Waals surface area contributed by atoms with Gasteiger partial charge >= 0.3 is 0 Å². The number of piperidine rings is 2. The number of imide groups is 1. The van der Waals surface area contributed by atoms with Gasteiger partial charge in [0.05, 0.1) is 26.0 Å². The highest BCUT2D eigenvalue weighted by Gasteiger charge is 2.46. The number of aromatic nitrogens is 3. The van der Waals surface area contributed by atoms with Crippen LogP contribution in [0, 0.1) is 5.41 Å². The zero-order chi connectivity index (χ0) is 34.0. The van der Waals surface area contributed by atoms with E-state index in [-0.39, 0.29) is 36.5 Å². The van der Waals surface area contributed by atoms with Crippen molar-refractivity contribution in [3.05, 3.63) is 69.8 Å². The standard InChI is InChI=1S/C36H39N7O6.H2/c1-40-17-26(25-15-37-39-32(25)35(40)47)22-12-29(48-2)27(30(13-22)49-3)18-41-10-8-36(9-11-41)19-42(20-36)23-5-4-21-16-43(34(46)24(21)14-23)28-6-7-31(44)38-33(28)45;/h4-5,12-15,17,28H,6-11,16,18-20H2,1-3H3,(H,37,39)(H,38,44,45);1H. The van der Waals surface area contributed by atoms with Crippen molar-refractivity contribution >= 4 is 34.3 Å². The Hall–Kier alpha value is -5.17. The number of anilines is 1. The van der Waals surface area contributed by atoms with Gasteiger partial charge in [0.1, 0.15) is 23.1 Å². The molecule has 2 aromatic carbocycles. The molecule has 2 N–H and O–H groups in total. The number of carbonyl (C=O) groups excluding carboxylic acids is 3. The number of nitrogens with one attached hydrogen (secondary N) is 2. The molecule has 4 aliphatic rings. The van der Waals surface area contributed by atoms with Crippen molar-refractivity contribution in [1.29, 1.82) is 0 Å². The maximum atomic E-state index is 13.3. The summed E-state index contributed by atoms with van der Waals surface area (Å²) < 4.78 is 13.4. The molecule has 3 amide bonds. The van der Waals surface area contributed by atoms with Crippen molar-refractivity contribution in [3.8, 4) is 22.6 Å². The summed E-state index contributed by atoms with van der Waals surface area (Å²) in [5, 5.41) is 10.0. The number of hydrogen-bond donors (Lipinski definition) is 2. The van der Waals surface area contributed by atoms with Crippen LogP contribution < -0.4 is 25.2 Å². The van der Waals surface area contributed by atoms with Gasteiger partial charge in [-0.3, -0.25) is 34.5 Å². The number of nitrogens with zero attached hydrogens (tertiary/aromatic N) is 5. The minimum Gasteiger partial charge on any atom is -0.496 e. The van der Waals surface area contributed by atoms with E-state index < -0.39 is 6.04 Å². The van der Waals surface area contributed by atoms with E-state index in [4.69, 9.17) is 9.47 Å². The lowest BCUT2D eigenvalue weighted by molar-refractivity contribution is -0.136. The molecule has 8 rings (SSSR count). The van der Waals surface area contributed by atoms with Crippen LogP contribution in [0.4, 0.5) is 5.69 Å². The van der Waals surface area contributed by atoms with E-state index in [0.717, 1.165) is 83.8 Å². The lowest BCUT2D eigenvalue weighted by Crippen LogP contribution is -2.60.